The smallest absolute Gasteiger partial charge is 0.408 e. The van der Waals surface area contributed by atoms with E-state index < -0.39 is 17.2 Å². The first-order chi connectivity index (χ1) is 17.7. The summed E-state index contributed by atoms with van der Waals surface area (Å²) in [6.07, 6.45) is 3.66. The normalized spacial score (nSPS) is 14.8. The summed E-state index contributed by atoms with van der Waals surface area (Å²) in [5.74, 6) is 0.543. The van der Waals surface area contributed by atoms with Crippen LogP contribution in [-0.4, -0.2) is 33.0 Å². The fraction of sp³-hybridized carbons (Fsp3) is 0.345. The van der Waals surface area contributed by atoms with Gasteiger partial charge < -0.3 is 19.6 Å². The molecule has 37 heavy (non-hydrogen) atoms. The number of alkyl carbamates (subject to hydrolysis) is 1. The second-order valence-corrected chi connectivity index (χ2v) is 10.5. The monoisotopic (exact) mass is 501 g/mol. The summed E-state index contributed by atoms with van der Waals surface area (Å²) in [6.45, 7) is 5.52. The Hall–Kier alpha value is -3.91. The van der Waals surface area contributed by atoms with E-state index in [1.54, 1.807) is 0 Å². The first-order valence-corrected chi connectivity index (χ1v) is 12.5. The number of aliphatic hydroxyl groups excluding tert-OH is 1. The maximum Gasteiger partial charge on any atom is 0.408 e. The van der Waals surface area contributed by atoms with Crippen LogP contribution in [-0.2, 0) is 16.8 Å². The molecule has 0 atom stereocenters. The summed E-state index contributed by atoms with van der Waals surface area (Å²) in [6, 6.07) is 17.5. The Labute approximate surface area is 214 Å². The molecule has 1 amide bonds. The van der Waals surface area contributed by atoms with E-state index in [2.05, 4.69) is 10.3 Å². The lowest BCUT2D eigenvalue weighted by Crippen LogP contribution is -2.52. The largest absolute Gasteiger partial charge is 0.444 e. The predicted molar refractivity (Wildman–Crippen MR) is 141 cm³/mol. The van der Waals surface area contributed by atoms with Crippen LogP contribution in [0.25, 0.3) is 33.6 Å². The number of benzene rings is 2. The second kappa shape index (κ2) is 9.52. The van der Waals surface area contributed by atoms with Crippen LogP contribution in [0.4, 0.5) is 4.79 Å². The Morgan fingerprint density at radius 2 is 1.81 bits per heavy atom. The summed E-state index contributed by atoms with van der Waals surface area (Å²) in [7, 11) is 0. The molecule has 1 fully saturated rings. The van der Waals surface area contributed by atoms with E-state index in [9.17, 15) is 14.7 Å². The second-order valence-electron chi connectivity index (χ2n) is 10.5. The Bertz CT molecular complexity index is 1480. The number of rotatable bonds is 6. The maximum absolute atomic E-state index is 13.3. The summed E-state index contributed by atoms with van der Waals surface area (Å²) < 4.78 is 13.1. The predicted octanol–water partition coefficient (Wildman–Crippen LogP) is 5.22. The number of nitrogens with one attached hydrogen (secondary N) is 1. The van der Waals surface area contributed by atoms with Gasteiger partial charge in [0.25, 0.3) is 5.56 Å². The topological polar surface area (TPSA) is 107 Å². The van der Waals surface area contributed by atoms with Gasteiger partial charge in [0.1, 0.15) is 23.1 Å². The van der Waals surface area contributed by atoms with E-state index in [-0.39, 0.29) is 24.4 Å². The minimum absolute atomic E-state index is 0.151. The van der Waals surface area contributed by atoms with Crippen molar-refractivity contribution in [1.29, 1.82) is 0 Å². The Balaban J connectivity index is 1.56. The summed E-state index contributed by atoms with van der Waals surface area (Å²) in [4.78, 5) is 30.2. The van der Waals surface area contributed by atoms with Gasteiger partial charge in [-0.15, -0.1) is 0 Å². The lowest BCUT2D eigenvalue weighted by molar-refractivity contribution is 0.0377. The lowest BCUT2D eigenvalue weighted by Gasteiger charge is -2.43. The molecule has 1 aliphatic carbocycles. The third-order valence-corrected chi connectivity index (χ3v) is 6.73. The highest BCUT2D eigenvalue weighted by Crippen LogP contribution is 2.43. The lowest BCUT2D eigenvalue weighted by atomic mass is 9.71. The number of ether oxygens (including phenoxy) is 1. The Morgan fingerprint density at radius 1 is 1.11 bits per heavy atom. The molecular weight excluding hydrogens is 470 g/mol. The SMILES string of the molecule is CC(C)(C)OC(=O)NC1(c2ccc(-c3oc4ncn(CCO)c(=O)c4c3-c3ccccc3)cc2)CCC1. The molecule has 0 radical (unpaired) electrons. The van der Waals surface area contributed by atoms with Crippen LogP contribution in [0, 0.1) is 0 Å². The van der Waals surface area contributed by atoms with Crippen LogP contribution in [0.3, 0.4) is 0 Å². The molecule has 192 valence electrons. The zero-order valence-corrected chi connectivity index (χ0v) is 21.3. The van der Waals surface area contributed by atoms with Crippen molar-refractivity contribution in [2.75, 3.05) is 6.61 Å². The van der Waals surface area contributed by atoms with Crippen molar-refractivity contribution in [3.05, 3.63) is 76.8 Å². The highest BCUT2D eigenvalue weighted by Gasteiger charge is 2.41. The first-order valence-electron chi connectivity index (χ1n) is 12.5. The molecule has 0 bridgehead atoms. The van der Waals surface area contributed by atoms with Gasteiger partial charge in [-0.05, 0) is 51.2 Å². The molecular formula is C29H31N3O5. The number of nitrogens with zero attached hydrogens (tertiary/aromatic N) is 2. The van der Waals surface area contributed by atoms with Crippen LogP contribution in [0.2, 0.25) is 0 Å². The zero-order valence-electron chi connectivity index (χ0n) is 21.3. The highest BCUT2D eigenvalue weighted by atomic mass is 16.6. The van der Waals surface area contributed by atoms with Gasteiger partial charge in [-0.1, -0.05) is 54.6 Å². The van der Waals surface area contributed by atoms with Crippen molar-refractivity contribution >= 4 is 17.2 Å². The van der Waals surface area contributed by atoms with E-state index in [0.29, 0.717) is 16.7 Å². The summed E-state index contributed by atoms with van der Waals surface area (Å²) >= 11 is 0. The number of amides is 1. The molecule has 0 spiro atoms. The molecule has 2 N–H and O–H groups in total. The van der Waals surface area contributed by atoms with E-state index >= 15 is 0 Å². The number of furan rings is 1. The van der Waals surface area contributed by atoms with Crippen molar-refractivity contribution in [3.63, 3.8) is 0 Å². The molecule has 0 saturated heterocycles. The van der Waals surface area contributed by atoms with Gasteiger partial charge in [0.2, 0.25) is 5.71 Å². The average Bonchev–Trinajstić information content (AvgIpc) is 3.23. The molecule has 0 aliphatic heterocycles. The third-order valence-electron chi connectivity index (χ3n) is 6.73. The fourth-order valence-corrected chi connectivity index (χ4v) is 4.83. The minimum atomic E-state index is -0.572. The number of aromatic nitrogens is 2. The minimum Gasteiger partial charge on any atom is -0.444 e. The van der Waals surface area contributed by atoms with Crippen molar-refractivity contribution in [3.8, 4) is 22.5 Å². The molecule has 2 aromatic heterocycles. The van der Waals surface area contributed by atoms with Gasteiger partial charge in [0, 0.05) is 11.1 Å². The number of hydrogen-bond donors (Lipinski definition) is 2. The van der Waals surface area contributed by atoms with Crippen molar-refractivity contribution in [2.45, 2.75) is 57.7 Å². The van der Waals surface area contributed by atoms with E-state index in [1.165, 1.54) is 10.9 Å². The fourth-order valence-electron chi connectivity index (χ4n) is 4.83. The molecule has 0 unspecified atom stereocenters. The van der Waals surface area contributed by atoms with Crippen LogP contribution < -0.4 is 10.9 Å². The van der Waals surface area contributed by atoms with Gasteiger partial charge in [0.05, 0.1) is 18.7 Å². The molecule has 4 aromatic rings. The first kappa shape index (κ1) is 24.8. The summed E-state index contributed by atoms with van der Waals surface area (Å²) in [5, 5.41) is 12.8. The number of carbonyl (C=O) groups is 1. The quantitative estimate of drug-likeness (QED) is 0.375. The van der Waals surface area contributed by atoms with Gasteiger partial charge in [-0.25, -0.2) is 9.78 Å². The van der Waals surface area contributed by atoms with Crippen molar-refractivity contribution in [2.24, 2.45) is 0 Å². The van der Waals surface area contributed by atoms with E-state index in [4.69, 9.17) is 9.15 Å². The molecule has 1 saturated carbocycles. The number of carbonyl (C=O) groups excluding carboxylic acids is 1. The van der Waals surface area contributed by atoms with E-state index in [1.807, 2.05) is 75.4 Å². The number of hydrogen-bond acceptors (Lipinski definition) is 6. The van der Waals surface area contributed by atoms with Crippen LogP contribution in [0.1, 0.15) is 45.6 Å². The van der Waals surface area contributed by atoms with E-state index in [0.717, 1.165) is 36.0 Å². The highest BCUT2D eigenvalue weighted by molar-refractivity contribution is 5.99. The van der Waals surface area contributed by atoms with Crippen molar-refractivity contribution < 1.29 is 19.1 Å². The van der Waals surface area contributed by atoms with Crippen molar-refractivity contribution in [1.82, 2.24) is 14.9 Å². The number of fused-ring (bicyclic) bond motifs is 1. The standard InChI is InChI=1S/C29H31N3O5/c1-28(2,3)37-27(35)31-29(14-7-15-29)21-12-10-20(11-13-21)24-22(19-8-5-4-6-9-19)23-25(36-24)30-18-32(16-17-33)26(23)34/h4-6,8-13,18,33H,7,14-17H2,1-3H3,(H,31,35). The Kier molecular flexibility index (Phi) is 6.37. The van der Waals surface area contributed by atoms with Gasteiger partial charge in [0.15, 0.2) is 0 Å². The molecule has 1 aliphatic rings. The number of aliphatic hydroxyl groups is 1. The van der Waals surface area contributed by atoms with Crippen LogP contribution >= 0.6 is 0 Å². The molecule has 8 nitrogen and oxygen atoms in total. The molecule has 2 heterocycles. The van der Waals surface area contributed by atoms with Crippen LogP contribution in [0.5, 0.6) is 0 Å². The average molecular weight is 502 g/mol. The van der Waals surface area contributed by atoms with Gasteiger partial charge in [-0.2, -0.15) is 0 Å². The third kappa shape index (κ3) is 4.76. The van der Waals surface area contributed by atoms with Gasteiger partial charge >= 0.3 is 6.09 Å². The zero-order chi connectivity index (χ0) is 26.2. The van der Waals surface area contributed by atoms with Crippen LogP contribution in [0.15, 0.2) is 70.1 Å². The summed E-state index contributed by atoms with van der Waals surface area (Å²) in [5.41, 5.74) is 2.24. The molecule has 2 aromatic carbocycles. The molecule has 8 heteroatoms. The Morgan fingerprint density at radius 3 is 2.41 bits per heavy atom. The molecule has 5 rings (SSSR count). The van der Waals surface area contributed by atoms with Gasteiger partial charge in [-0.3, -0.25) is 9.36 Å². The maximum atomic E-state index is 13.3.